The van der Waals surface area contributed by atoms with E-state index in [9.17, 15) is 4.79 Å². The lowest BCUT2D eigenvalue weighted by Crippen LogP contribution is -2.34. The maximum Gasteiger partial charge on any atom is 0.257 e. The Kier molecular flexibility index (Phi) is 6.75. The summed E-state index contributed by atoms with van der Waals surface area (Å²) in [6.45, 7) is 5.83. The monoisotopic (exact) mass is 417 g/mol. The predicted octanol–water partition coefficient (Wildman–Crippen LogP) is 4.85. The summed E-state index contributed by atoms with van der Waals surface area (Å²) < 4.78 is 5.60. The second-order valence-corrected chi connectivity index (χ2v) is 7.74. The summed E-state index contributed by atoms with van der Waals surface area (Å²) in [5, 5.41) is 6.74. The molecule has 3 rings (SSSR count). The zero-order valence-electron chi connectivity index (χ0n) is 16.0. The number of ether oxygens (including phenoxy) is 1. The molecule has 0 unspecified atom stereocenters. The number of carbonyl (C=O) groups excluding carboxylic acids is 1. The van der Waals surface area contributed by atoms with E-state index in [0.717, 1.165) is 43.1 Å². The molecule has 1 aliphatic rings. The predicted molar refractivity (Wildman–Crippen MR) is 119 cm³/mol. The fourth-order valence-electron chi connectivity index (χ4n) is 3.16. The Morgan fingerprint density at radius 2 is 1.82 bits per heavy atom. The Balaban J connectivity index is 1.66. The number of hydrogen-bond acceptors (Lipinski definition) is 4. The van der Waals surface area contributed by atoms with Gasteiger partial charge in [0.05, 0.1) is 22.5 Å². The van der Waals surface area contributed by atoms with Crippen LogP contribution in [0.4, 0.5) is 11.4 Å². The van der Waals surface area contributed by atoms with Crippen LogP contribution in [0.2, 0.25) is 5.02 Å². The van der Waals surface area contributed by atoms with E-state index >= 15 is 0 Å². The minimum atomic E-state index is -0.279. The first-order valence-electron chi connectivity index (χ1n) is 9.36. The van der Waals surface area contributed by atoms with Gasteiger partial charge in [-0.05, 0) is 75.3 Å². The molecule has 0 radical (unpaired) electrons. The van der Waals surface area contributed by atoms with Crippen molar-refractivity contribution < 1.29 is 9.53 Å². The van der Waals surface area contributed by atoms with Crippen molar-refractivity contribution in [2.45, 2.75) is 32.8 Å². The van der Waals surface area contributed by atoms with E-state index in [4.69, 9.17) is 28.6 Å². The highest BCUT2D eigenvalue weighted by atomic mass is 35.5. The first-order chi connectivity index (χ1) is 13.4. The average Bonchev–Trinajstić information content (AvgIpc) is 3.16. The van der Waals surface area contributed by atoms with Gasteiger partial charge in [-0.1, -0.05) is 17.7 Å². The largest absolute Gasteiger partial charge is 0.491 e. The molecule has 0 bridgehead atoms. The molecule has 148 valence electrons. The summed E-state index contributed by atoms with van der Waals surface area (Å²) in [7, 11) is 0. The van der Waals surface area contributed by atoms with Crippen molar-refractivity contribution in [3.8, 4) is 5.75 Å². The standard InChI is InChI=1S/C21H24ClN3O2S/c1-14(2)27-16-10-8-15(9-11-16)20(26)24-21(28)23-18-7-5-6-17(22)19(18)25-12-3-4-13-25/h5-11,14H,3-4,12-13H2,1-2H3,(H2,23,24,26,28). The van der Waals surface area contributed by atoms with E-state index in [1.54, 1.807) is 24.3 Å². The molecular formula is C21H24ClN3O2S. The number of anilines is 2. The summed E-state index contributed by atoms with van der Waals surface area (Å²) in [6, 6.07) is 12.6. The van der Waals surface area contributed by atoms with E-state index in [2.05, 4.69) is 15.5 Å². The summed E-state index contributed by atoms with van der Waals surface area (Å²) in [6.07, 6.45) is 2.36. The molecule has 1 saturated heterocycles. The highest BCUT2D eigenvalue weighted by Crippen LogP contribution is 2.35. The second kappa shape index (κ2) is 9.26. The number of nitrogens with one attached hydrogen (secondary N) is 2. The maximum atomic E-state index is 12.5. The van der Waals surface area contributed by atoms with E-state index in [0.29, 0.717) is 10.6 Å². The smallest absolute Gasteiger partial charge is 0.257 e. The molecule has 7 heteroatoms. The second-order valence-electron chi connectivity index (χ2n) is 6.93. The van der Waals surface area contributed by atoms with Crippen LogP contribution >= 0.6 is 23.8 Å². The van der Waals surface area contributed by atoms with Gasteiger partial charge in [-0.2, -0.15) is 0 Å². The number of para-hydroxylation sites is 1. The molecule has 2 N–H and O–H groups in total. The summed E-state index contributed by atoms with van der Waals surface area (Å²) in [5.41, 5.74) is 2.22. The van der Waals surface area contributed by atoms with E-state index in [1.165, 1.54) is 0 Å². The number of halogens is 1. The number of carbonyl (C=O) groups is 1. The zero-order valence-corrected chi connectivity index (χ0v) is 17.6. The molecule has 1 fully saturated rings. The molecule has 1 aliphatic heterocycles. The lowest BCUT2D eigenvalue weighted by Gasteiger charge is -2.23. The normalized spacial score (nSPS) is 13.5. The summed E-state index contributed by atoms with van der Waals surface area (Å²) in [5.74, 6) is 0.444. The number of amides is 1. The number of nitrogens with zero attached hydrogens (tertiary/aromatic N) is 1. The van der Waals surface area contributed by atoms with E-state index < -0.39 is 0 Å². The van der Waals surface area contributed by atoms with Crippen LogP contribution in [0.15, 0.2) is 42.5 Å². The Morgan fingerprint density at radius 1 is 1.14 bits per heavy atom. The molecule has 0 aromatic heterocycles. The maximum absolute atomic E-state index is 12.5. The van der Waals surface area contributed by atoms with Crippen LogP contribution in [0, 0.1) is 0 Å². The summed E-state index contributed by atoms with van der Waals surface area (Å²) >= 11 is 11.8. The van der Waals surface area contributed by atoms with Crippen molar-refractivity contribution in [1.82, 2.24) is 5.32 Å². The van der Waals surface area contributed by atoms with Crippen LogP contribution in [0.5, 0.6) is 5.75 Å². The highest BCUT2D eigenvalue weighted by molar-refractivity contribution is 7.80. The number of benzene rings is 2. The molecule has 0 aliphatic carbocycles. The van der Waals surface area contributed by atoms with Crippen molar-refractivity contribution >= 4 is 46.2 Å². The summed E-state index contributed by atoms with van der Waals surface area (Å²) in [4.78, 5) is 14.7. The lowest BCUT2D eigenvalue weighted by atomic mass is 10.2. The van der Waals surface area contributed by atoms with E-state index in [1.807, 2.05) is 32.0 Å². The zero-order chi connectivity index (χ0) is 20.1. The van der Waals surface area contributed by atoms with Gasteiger partial charge in [-0.15, -0.1) is 0 Å². The van der Waals surface area contributed by atoms with Crippen molar-refractivity contribution in [3.05, 3.63) is 53.1 Å². The van der Waals surface area contributed by atoms with Gasteiger partial charge in [0.25, 0.3) is 5.91 Å². The van der Waals surface area contributed by atoms with Crippen LogP contribution in [-0.4, -0.2) is 30.2 Å². The minimum Gasteiger partial charge on any atom is -0.491 e. The Labute approximate surface area is 176 Å². The fourth-order valence-corrected chi connectivity index (χ4v) is 3.66. The van der Waals surface area contributed by atoms with Crippen molar-refractivity contribution in [2.75, 3.05) is 23.3 Å². The first kappa shape index (κ1) is 20.4. The van der Waals surface area contributed by atoms with Crippen LogP contribution in [0.3, 0.4) is 0 Å². The number of rotatable bonds is 5. The number of hydrogen-bond donors (Lipinski definition) is 2. The third-order valence-electron chi connectivity index (χ3n) is 4.37. The molecule has 1 heterocycles. The quantitative estimate of drug-likeness (QED) is 0.681. The first-order valence-corrected chi connectivity index (χ1v) is 10.1. The Bertz CT molecular complexity index is 849. The highest BCUT2D eigenvalue weighted by Gasteiger charge is 2.19. The molecule has 0 saturated carbocycles. The SMILES string of the molecule is CC(C)Oc1ccc(C(=O)NC(=S)Nc2cccc(Cl)c2N2CCCC2)cc1. The van der Waals surface area contributed by atoms with Crippen molar-refractivity contribution in [1.29, 1.82) is 0 Å². The molecule has 0 atom stereocenters. The molecule has 2 aromatic rings. The van der Waals surface area contributed by atoms with Gasteiger partial charge in [-0.3, -0.25) is 10.1 Å². The molecule has 5 nitrogen and oxygen atoms in total. The molecule has 0 spiro atoms. The van der Waals surface area contributed by atoms with Crippen LogP contribution in [0.25, 0.3) is 0 Å². The van der Waals surface area contributed by atoms with Crippen molar-refractivity contribution in [3.63, 3.8) is 0 Å². The van der Waals surface area contributed by atoms with Crippen LogP contribution in [0.1, 0.15) is 37.0 Å². The third kappa shape index (κ3) is 5.14. The minimum absolute atomic E-state index is 0.0824. The van der Waals surface area contributed by atoms with Gasteiger partial charge in [-0.25, -0.2) is 0 Å². The molecular weight excluding hydrogens is 394 g/mol. The molecule has 2 aromatic carbocycles. The average molecular weight is 418 g/mol. The van der Waals surface area contributed by atoms with Gasteiger partial charge in [0.2, 0.25) is 0 Å². The number of thiocarbonyl (C=S) groups is 1. The Hall–Kier alpha value is -2.31. The molecule has 28 heavy (non-hydrogen) atoms. The molecule has 1 amide bonds. The topological polar surface area (TPSA) is 53.6 Å². The van der Waals surface area contributed by atoms with Crippen LogP contribution in [-0.2, 0) is 0 Å². The fraction of sp³-hybridized carbons (Fsp3) is 0.333. The van der Waals surface area contributed by atoms with Crippen molar-refractivity contribution in [2.24, 2.45) is 0 Å². The van der Waals surface area contributed by atoms with E-state index in [-0.39, 0.29) is 17.1 Å². The van der Waals surface area contributed by atoms with Gasteiger partial charge in [0, 0.05) is 18.7 Å². The van der Waals surface area contributed by atoms with Gasteiger partial charge in [0.15, 0.2) is 5.11 Å². The van der Waals surface area contributed by atoms with Gasteiger partial charge >= 0.3 is 0 Å². The van der Waals surface area contributed by atoms with Gasteiger partial charge < -0.3 is 15.0 Å². The lowest BCUT2D eigenvalue weighted by molar-refractivity contribution is 0.0977. The van der Waals surface area contributed by atoms with Crippen LogP contribution < -0.4 is 20.3 Å². The Morgan fingerprint density at radius 3 is 2.46 bits per heavy atom. The van der Waals surface area contributed by atoms with Gasteiger partial charge in [0.1, 0.15) is 5.75 Å². The third-order valence-corrected chi connectivity index (χ3v) is 4.88.